The van der Waals surface area contributed by atoms with Gasteiger partial charge in [0, 0.05) is 0 Å². The minimum Gasteiger partial charge on any atom is -0.464 e. The largest absolute Gasteiger partial charge is 0.464 e. The van der Waals surface area contributed by atoms with Gasteiger partial charge in [0.2, 0.25) is 0 Å². The van der Waals surface area contributed by atoms with Crippen molar-refractivity contribution in [1.29, 1.82) is 0 Å². The molecule has 0 aromatic rings. The minimum absolute atomic E-state index is 0.190. The molecule has 0 aromatic heterocycles. The number of carbonyl (C=O) groups is 2. The van der Waals surface area contributed by atoms with Gasteiger partial charge in [-0.15, -0.1) is 0 Å². The maximum atomic E-state index is 12.8. The Kier molecular flexibility index (Phi) is 7.88. The van der Waals surface area contributed by atoms with Crippen molar-refractivity contribution in [3.8, 4) is 0 Å². The molecule has 0 aliphatic carbocycles. The van der Waals surface area contributed by atoms with Gasteiger partial charge >= 0.3 is 11.9 Å². The second-order valence-electron chi connectivity index (χ2n) is 7.94. The summed E-state index contributed by atoms with van der Waals surface area (Å²) in [6, 6.07) is 0. The molecule has 0 saturated heterocycles. The summed E-state index contributed by atoms with van der Waals surface area (Å²) in [6.07, 6.45) is 0. The Morgan fingerprint density at radius 2 is 0.958 bits per heavy atom. The van der Waals surface area contributed by atoms with Gasteiger partial charge in [0.1, 0.15) is 0 Å². The number of esters is 2. The quantitative estimate of drug-likeness (QED) is 0.453. The lowest BCUT2D eigenvalue weighted by Crippen LogP contribution is -2.68. The summed E-state index contributed by atoms with van der Waals surface area (Å²) >= 11 is 0. The number of ether oxygens (including phenoxy) is 2. The van der Waals surface area contributed by atoms with E-state index in [9.17, 15) is 9.59 Å². The lowest BCUT2D eigenvalue weighted by molar-refractivity contribution is -0.199. The summed E-state index contributed by atoms with van der Waals surface area (Å²) in [5, 5.41) is 0. The predicted molar refractivity (Wildman–Crippen MR) is 98.9 cm³/mol. The van der Waals surface area contributed by atoms with E-state index in [1.165, 1.54) is 0 Å². The second kappa shape index (κ2) is 8.12. The van der Waals surface area contributed by atoms with E-state index in [2.05, 4.69) is 0 Å². The van der Waals surface area contributed by atoms with E-state index in [-0.39, 0.29) is 13.2 Å². The molecule has 0 heterocycles. The van der Waals surface area contributed by atoms with Crippen LogP contribution in [-0.2, 0) is 27.9 Å². The van der Waals surface area contributed by atoms with Gasteiger partial charge in [-0.2, -0.15) is 0 Å². The Hall–Kier alpha value is -0.706. The fraction of sp³-hybridized carbons (Fsp3) is 0.875. The molecule has 0 aliphatic heterocycles. The molecular weight excluding hydrogens is 344 g/mol. The number of rotatable bonds is 9. The van der Waals surface area contributed by atoms with Crippen LogP contribution in [0.25, 0.3) is 0 Å². The van der Waals surface area contributed by atoms with Crippen LogP contribution in [0.15, 0.2) is 0 Å². The van der Waals surface area contributed by atoms with E-state index in [1.54, 1.807) is 27.7 Å². The molecule has 0 saturated carbocycles. The topological polar surface area (TPSA) is 71.1 Å². The van der Waals surface area contributed by atoms with Crippen LogP contribution in [0.1, 0.15) is 27.7 Å². The van der Waals surface area contributed by atoms with Gasteiger partial charge in [0.05, 0.1) is 13.2 Å². The average molecular weight is 379 g/mol. The van der Waals surface area contributed by atoms with Crippen molar-refractivity contribution in [3.05, 3.63) is 0 Å². The average Bonchev–Trinajstić information content (AvgIpc) is 2.34. The Labute approximate surface area is 148 Å². The van der Waals surface area contributed by atoms with Crippen LogP contribution < -0.4 is 0 Å². The molecular formula is C16H34O6Si2. The minimum atomic E-state index is -2.21. The summed E-state index contributed by atoms with van der Waals surface area (Å²) in [4.78, 5) is 25.6. The van der Waals surface area contributed by atoms with Gasteiger partial charge in [0.25, 0.3) is 0 Å². The summed E-state index contributed by atoms with van der Waals surface area (Å²) in [5.41, 5.74) is -3.17. The van der Waals surface area contributed by atoms with Crippen LogP contribution >= 0.6 is 0 Å². The lowest BCUT2D eigenvalue weighted by atomic mass is 9.86. The van der Waals surface area contributed by atoms with Crippen molar-refractivity contribution in [2.24, 2.45) is 0 Å². The summed E-state index contributed by atoms with van der Waals surface area (Å²) in [5.74, 6) is -1.22. The number of hydrogen-bond acceptors (Lipinski definition) is 6. The first-order chi connectivity index (χ1) is 10.6. The molecule has 24 heavy (non-hydrogen) atoms. The van der Waals surface area contributed by atoms with Gasteiger partial charge in [0.15, 0.2) is 27.8 Å². The molecule has 0 fully saturated rings. The van der Waals surface area contributed by atoms with Crippen LogP contribution in [-0.4, -0.2) is 53.0 Å². The maximum Gasteiger partial charge on any atom is 0.340 e. The van der Waals surface area contributed by atoms with Crippen LogP contribution in [0.3, 0.4) is 0 Å². The molecule has 0 spiro atoms. The molecule has 0 rings (SSSR count). The van der Waals surface area contributed by atoms with Crippen molar-refractivity contribution in [2.45, 2.75) is 78.2 Å². The van der Waals surface area contributed by atoms with Gasteiger partial charge in [-0.1, -0.05) is 0 Å². The lowest BCUT2D eigenvalue weighted by Gasteiger charge is -2.47. The van der Waals surface area contributed by atoms with Crippen LogP contribution in [0.4, 0.5) is 0 Å². The summed E-state index contributed by atoms with van der Waals surface area (Å²) in [6.45, 7) is 18.6. The smallest absolute Gasteiger partial charge is 0.340 e. The van der Waals surface area contributed by atoms with E-state index in [4.69, 9.17) is 18.3 Å². The Morgan fingerprint density at radius 3 is 1.12 bits per heavy atom. The van der Waals surface area contributed by atoms with Gasteiger partial charge in [-0.25, -0.2) is 9.59 Å². The molecule has 0 N–H and O–H groups in total. The van der Waals surface area contributed by atoms with Crippen molar-refractivity contribution in [3.63, 3.8) is 0 Å². The molecule has 6 nitrogen and oxygen atoms in total. The van der Waals surface area contributed by atoms with Gasteiger partial charge < -0.3 is 18.3 Å². The first-order valence-electron chi connectivity index (χ1n) is 8.37. The zero-order chi connectivity index (χ0) is 19.4. The monoisotopic (exact) mass is 378 g/mol. The highest BCUT2D eigenvalue weighted by Gasteiger charge is 2.62. The van der Waals surface area contributed by atoms with Crippen molar-refractivity contribution in [2.75, 3.05) is 13.2 Å². The van der Waals surface area contributed by atoms with Gasteiger partial charge in [-0.05, 0) is 67.0 Å². The van der Waals surface area contributed by atoms with Crippen LogP contribution in [0.2, 0.25) is 39.3 Å². The van der Waals surface area contributed by atoms with Crippen molar-refractivity contribution >= 4 is 28.6 Å². The molecule has 2 unspecified atom stereocenters. The third-order valence-corrected chi connectivity index (χ3v) is 5.30. The zero-order valence-electron chi connectivity index (χ0n) is 16.9. The van der Waals surface area contributed by atoms with E-state index in [0.29, 0.717) is 0 Å². The van der Waals surface area contributed by atoms with E-state index in [0.717, 1.165) is 0 Å². The van der Waals surface area contributed by atoms with E-state index >= 15 is 0 Å². The molecule has 0 aliphatic rings. The van der Waals surface area contributed by atoms with Gasteiger partial charge in [-0.3, -0.25) is 0 Å². The highest BCUT2D eigenvalue weighted by molar-refractivity contribution is 6.70. The van der Waals surface area contributed by atoms with Crippen molar-refractivity contribution in [1.82, 2.24) is 0 Å². The highest BCUT2D eigenvalue weighted by atomic mass is 28.4. The third kappa shape index (κ3) is 5.98. The Bertz CT molecular complexity index is 412. The molecule has 0 amide bonds. The second-order valence-corrected chi connectivity index (χ2v) is 16.8. The maximum absolute atomic E-state index is 12.8. The predicted octanol–water partition coefficient (Wildman–Crippen LogP) is 3.33. The van der Waals surface area contributed by atoms with Crippen LogP contribution in [0, 0.1) is 0 Å². The third-order valence-electron chi connectivity index (χ3n) is 3.26. The summed E-state index contributed by atoms with van der Waals surface area (Å²) in [7, 11) is -4.42. The standard InChI is InChI=1S/C16H34O6Si2/c1-11-19-13(17)15(3,21-23(5,6)7)16(4,14(18)20-12-2)22-24(8,9)10/h11-12H2,1-10H3. The Balaban J connectivity index is 6.25. The summed E-state index contributed by atoms with van der Waals surface area (Å²) < 4.78 is 22.8. The molecule has 0 radical (unpaired) electrons. The highest BCUT2D eigenvalue weighted by Crippen LogP contribution is 2.37. The molecule has 8 heteroatoms. The first kappa shape index (κ1) is 23.3. The molecule has 2 atom stereocenters. The fourth-order valence-corrected chi connectivity index (χ4v) is 5.44. The van der Waals surface area contributed by atoms with E-state index in [1.807, 2.05) is 39.3 Å². The number of hydrogen-bond donors (Lipinski definition) is 0. The molecule has 0 aromatic carbocycles. The molecule has 0 bridgehead atoms. The fourth-order valence-electron chi connectivity index (χ4n) is 2.43. The normalized spacial score (nSPS) is 17.6. The number of carbonyl (C=O) groups excluding carboxylic acids is 2. The van der Waals surface area contributed by atoms with Crippen LogP contribution in [0.5, 0.6) is 0 Å². The molecule has 142 valence electrons. The zero-order valence-corrected chi connectivity index (χ0v) is 18.9. The van der Waals surface area contributed by atoms with E-state index < -0.39 is 39.8 Å². The SMILES string of the molecule is CCOC(=O)C(C)(O[Si](C)(C)C)C(C)(O[Si](C)(C)C)C(=O)OCC. The first-order valence-corrected chi connectivity index (χ1v) is 15.2. The van der Waals surface area contributed by atoms with Crippen molar-refractivity contribution < 1.29 is 27.9 Å². The Morgan fingerprint density at radius 1 is 0.708 bits per heavy atom.